The van der Waals surface area contributed by atoms with Crippen molar-refractivity contribution in [1.82, 2.24) is 9.13 Å². The molecule has 6 rings (SSSR count). The van der Waals surface area contributed by atoms with E-state index in [0.717, 1.165) is 6.42 Å². The van der Waals surface area contributed by atoms with Crippen molar-refractivity contribution in [3.05, 3.63) is 114 Å². The van der Waals surface area contributed by atoms with Crippen LogP contribution in [0.5, 0.6) is 0 Å². The van der Waals surface area contributed by atoms with Crippen LogP contribution in [0.1, 0.15) is 30.2 Å². The van der Waals surface area contributed by atoms with E-state index >= 15 is 0 Å². The molecule has 2 heteroatoms. The van der Waals surface area contributed by atoms with Gasteiger partial charge >= 0.3 is 0 Å². The maximum Gasteiger partial charge on any atom is 0.0541 e. The van der Waals surface area contributed by atoms with Crippen LogP contribution in [0.2, 0.25) is 0 Å². The molecule has 2 heterocycles. The van der Waals surface area contributed by atoms with E-state index in [2.05, 4.69) is 133 Å². The molecule has 0 amide bonds. The Morgan fingerprint density at radius 1 is 0.706 bits per heavy atom. The van der Waals surface area contributed by atoms with Gasteiger partial charge in [-0.3, -0.25) is 0 Å². The lowest BCUT2D eigenvalue weighted by molar-refractivity contribution is 0.916. The fourth-order valence-corrected chi connectivity index (χ4v) is 5.32. The number of allylic oxidation sites excluding steroid dienone is 1. The predicted octanol–water partition coefficient (Wildman–Crippen LogP) is 8.53. The molecule has 0 atom stereocenters. The highest BCUT2D eigenvalue weighted by molar-refractivity contribution is 6.10. The Kier molecular flexibility index (Phi) is 4.88. The Morgan fingerprint density at radius 2 is 1.35 bits per heavy atom. The normalized spacial score (nSPS) is 12.3. The Morgan fingerprint density at radius 3 is 2.12 bits per heavy atom. The molecular weight excluding hydrogens is 412 g/mol. The second-order valence-corrected chi connectivity index (χ2v) is 9.02. The molecule has 6 aromatic rings. The van der Waals surface area contributed by atoms with Crippen LogP contribution in [0.25, 0.3) is 50.0 Å². The Hall–Kier alpha value is -4.04. The van der Waals surface area contributed by atoms with E-state index in [1.54, 1.807) is 0 Å². The van der Waals surface area contributed by atoms with E-state index in [1.165, 1.54) is 60.8 Å². The summed E-state index contributed by atoms with van der Waals surface area (Å²) in [6.45, 7) is 4.47. The summed E-state index contributed by atoms with van der Waals surface area (Å²) >= 11 is 0. The van der Waals surface area contributed by atoms with Gasteiger partial charge in [-0.2, -0.15) is 0 Å². The second kappa shape index (κ2) is 8.07. The first-order chi connectivity index (χ1) is 16.7. The molecule has 0 bridgehead atoms. The average molecular weight is 441 g/mol. The van der Waals surface area contributed by atoms with E-state index in [-0.39, 0.29) is 0 Å². The van der Waals surface area contributed by atoms with Gasteiger partial charge in [0.05, 0.1) is 11.0 Å². The standard InChI is InChI=1S/C32H28N2/c1-4-23(20-28-22(2)33(3)30-16-10-8-14-26(28)30)24-18-19-32-29(21-24)27-15-9-11-17-31(27)34(32)25-12-6-5-7-13-25/h5-21H,4H2,1-3H3. The first-order valence-corrected chi connectivity index (χ1v) is 12.0. The summed E-state index contributed by atoms with van der Waals surface area (Å²) in [6.07, 6.45) is 3.38. The first-order valence-electron chi connectivity index (χ1n) is 12.0. The zero-order valence-electron chi connectivity index (χ0n) is 19.9. The van der Waals surface area contributed by atoms with Crippen LogP contribution in [0, 0.1) is 6.92 Å². The fraction of sp³-hybridized carbons (Fsp3) is 0.125. The van der Waals surface area contributed by atoms with Crippen LogP contribution in [0.15, 0.2) is 97.1 Å². The summed E-state index contributed by atoms with van der Waals surface area (Å²) in [5.74, 6) is 0. The molecule has 0 spiro atoms. The maximum absolute atomic E-state index is 2.40. The summed E-state index contributed by atoms with van der Waals surface area (Å²) in [7, 11) is 2.16. The van der Waals surface area contributed by atoms with Gasteiger partial charge < -0.3 is 9.13 Å². The summed E-state index contributed by atoms with van der Waals surface area (Å²) in [6, 6.07) is 35.0. The number of nitrogens with zero attached hydrogens (tertiary/aromatic N) is 2. The third kappa shape index (κ3) is 3.10. The van der Waals surface area contributed by atoms with Crippen LogP contribution in [-0.4, -0.2) is 9.13 Å². The number of benzene rings is 4. The van der Waals surface area contributed by atoms with Crippen LogP contribution in [0.3, 0.4) is 0 Å². The van der Waals surface area contributed by atoms with Crippen molar-refractivity contribution in [2.24, 2.45) is 7.05 Å². The van der Waals surface area contributed by atoms with Crippen LogP contribution < -0.4 is 0 Å². The molecule has 0 fully saturated rings. The molecular formula is C32H28N2. The van der Waals surface area contributed by atoms with Crippen molar-refractivity contribution in [2.75, 3.05) is 0 Å². The first kappa shape index (κ1) is 20.6. The molecule has 166 valence electrons. The smallest absolute Gasteiger partial charge is 0.0541 e. The fourth-order valence-electron chi connectivity index (χ4n) is 5.32. The maximum atomic E-state index is 2.40. The largest absolute Gasteiger partial charge is 0.347 e. The van der Waals surface area contributed by atoms with Crippen LogP contribution >= 0.6 is 0 Å². The lowest BCUT2D eigenvalue weighted by Gasteiger charge is -2.09. The van der Waals surface area contributed by atoms with Gasteiger partial charge in [0.2, 0.25) is 0 Å². The minimum atomic E-state index is 0.978. The van der Waals surface area contributed by atoms with Crippen molar-refractivity contribution in [2.45, 2.75) is 20.3 Å². The summed E-state index contributed by atoms with van der Waals surface area (Å²) in [4.78, 5) is 0. The monoisotopic (exact) mass is 440 g/mol. The number of fused-ring (bicyclic) bond motifs is 4. The topological polar surface area (TPSA) is 9.86 Å². The minimum Gasteiger partial charge on any atom is -0.347 e. The van der Waals surface area contributed by atoms with Crippen molar-refractivity contribution in [3.8, 4) is 5.69 Å². The number of hydrogen-bond donors (Lipinski definition) is 0. The molecule has 0 saturated heterocycles. The van der Waals surface area contributed by atoms with Gasteiger partial charge in [-0.05, 0) is 67.0 Å². The minimum absolute atomic E-state index is 0.978. The van der Waals surface area contributed by atoms with E-state index in [4.69, 9.17) is 0 Å². The molecule has 2 aromatic heterocycles. The van der Waals surface area contributed by atoms with Crippen molar-refractivity contribution in [1.29, 1.82) is 0 Å². The highest BCUT2D eigenvalue weighted by Crippen LogP contribution is 2.36. The van der Waals surface area contributed by atoms with Gasteiger partial charge in [0.1, 0.15) is 0 Å². The lowest BCUT2D eigenvalue weighted by Crippen LogP contribution is -1.93. The molecule has 2 nitrogen and oxygen atoms in total. The zero-order chi connectivity index (χ0) is 23.2. The Bertz CT molecular complexity index is 1690. The summed E-state index contributed by atoms with van der Waals surface area (Å²) in [5, 5.41) is 3.90. The SMILES string of the molecule is CCC(=Cc1c(C)n(C)c2ccccc12)c1ccc2c(c1)c1ccccc1n2-c1ccccc1. The molecule has 34 heavy (non-hydrogen) atoms. The number of rotatable bonds is 4. The number of aromatic nitrogens is 2. The summed E-state index contributed by atoms with van der Waals surface area (Å²) < 4.78 is 4.67. The van der Waals surface area contributed by atoms with E-state index in [1.807, 2.05) is 0 Å². The predicted molar refractivity (Wildman–Crippen MR) is 147 cm³/mol. The lowest BCUT2D eigenvalue weighted by atomic mass is 9.97. The molecule has 0 aliphatic rings. The van der Waals surface area contributed by atoms with Crippen LogP contribution in [-0.2, 0) is 7.05 Å². The second-order valence-electron chi connectivity index (χ2n) is 9.02. The molecule has 0 unspecified atom stereocenters. The number of aryl methyl sites for hydroxylation is 1. The molecule has 4 aromatic carbocycles. The number of para-hydroxylation sites is 3. The van der Waals surface area contributed by atoms with Crippen molar-refractivity contribution < 1.29 is 0 Å². The third-order valence-electron chi connectivity index (χ3n) is 7.21. The van der Waals surface area contributed by atoms with Crippen LogP contribution in [0.4, 0.5) is 0 Å². The van der Waals surface area contributed by atoms with Gasteiger partial charge in [-0.15, -0.1) is 0 Å². The van der Waals surface area contributed by atoms with Crippen molar-refractivity contribution >= 4 is 44.4 Å². The molecule has 0 radical (unpaired) electrons. The number of hydrogen-bond acceptors (Lipinski definition) is 0. The highest BCUT2D eigenvalue weighted by atomic mass is 15.0. The zero-order valence-corrected chi connectivity index (χ0v) is 19.9. The third-order valence-corrected chi connectivity index (χ3v) is 7.21. The van der Waals surface area contributed by atoms with Gasteiger partial charge in [-0.1, -0.05) is 67.6 Å². The van der Waals surface area contributed by atoms with E-state index < -0.39 is 0 Å². The molecule has 0 aliphatic heterocycles. The van der Waals surface area contributed by atoms with Gasteiger partial charge in [0, 0.05) is 45.7 Å². The molecule has 0 aliphatic carbocycles. The average Bonchev–Trinajstić information content (AvgIpc) is 3.34. The summed E-state index contributed by atoms with van der Waals surface area (Å²) in [5.41, 5.74) is 10.2. The quantitative estimate of drug-likeness (QED) is 0.260. The van der Waals surface area contributed by atoms with Gasteiger partial charge in [-0.25, -0.2) is 0 Å². The Labute approximate surface area is 200 Å². The van der Waals surface area contributed by atoms with Gasteiger partial charge in [0.15, 0.2) is 0 Å². The Balaban J connectivity index is 1.58. The molecule has 0 N–H and O–H groups in total. The molecule has 0 saturated carbocycles. The van der Waals surface area contributed by atoms with Crippen molar-refractivity contribution in [3.63, 3.8) is 0 Å². The van der Waals surface area contributed by atoms with E-state index in [9.17, 15) is 0 Å². The van der Waals surface area contributed by atoms with Gasteiger partial charge in [0.25, 0.3) is 0 Å². The van der Waals surface area contributed by atoms with E-state index in [0.29, 0.717) is 0 Å². The highest BCUT2D eigenvalue weighted by Gasteiger charge is 2.14.